The Hall–Kier alpha value is -1.30. The van der Waals surface area contributed by atoms with Crippen LogP contribution in [0.3, 0.4) is 0 Å². The van der Waals surface area contributed by atoms with E-state index in [0.717, 1.165) is 5.92 Å². The molecule has 2 aromatic carbocycles. The SMILES string of the molecule is Cc1cc(C2CCCCC2)c2c(C)cccc2c1. The Kier molecular flexibility index (Phi) is 3.11. The normalized spacial score (nSPS) is 17.2. The van der Waals surface area contributed by atoms with E-state index >= 15 is 0 Å². The van der Waals surface area contributed by atoms with Gasteiger partial charge in [-0.05, 0) is 54.5 Å². The maximum atomic E-state index is 2.44. The van der Waals surface area contributed by atoms with Gasteiger partial charge < -0.3 is 0 Å². The minimum atomic E-state index is 0.794. The Morgan fingerprint density at radius 1 is 0.944 bits per heavy atom. The quantitative estimate of drug-likeness (QED) is 0.615. The van der Waals surface area contributed by atoms with E-state index in [9.17, 15) is 0 Å². The molecule has 18 heavy (non-hydrogen) atoms. The second-order valence-electron chi connectivity index (χ2n) is 5.86. The monoisotopic (exact) mass is 238 g/mol. The molecule has 2 aromatic rings. The molecule has 0 bridgehead atoms. The minimum Gasteiger partial charge on any atom is -0.0614 e. The molecule has 0 aliphatic heterocycles. The summed E-state index contributed by atoms with van der Waals surface area (Å²) in [5, 5.41) is 2.95. The Balaban J connectivity index is 2.19. The van der Waals surface area contributed by atoms with E-state index in [4.69, 9.17) is 0 Å². The van der Waals surface area contributed by atoms with E-state index in [1.54, 1.807) is 5.56 Å². The fraction of sp³-hybridized carbons (Fsp3) is 0.444. The third-order valence-corrected chi connectivity index (χ3v) is 4.41. The largest absolute Gasteiger partial charge is 0.0614 e. The molecule has 0 nitrogen and oxygen atoms in total. The fourth-order valence-corrected chi connectivity index (χ4v) is 3.55. The van der Waals surface area contributed by atoms with Gasteiger partial charge in [-0.25, -0.2) is 0 Å². The van der Waals surface area contributed by atoms with Crippen LogP contribution in [0.2, 0.25) is 0 Å². The molecule has 0 saturated heterocycles. The zero-order chi connectivity index (χ0) is 12.5. The van der Waals surface area contributed by atoms with Crippen LogP contribution in [0.1, 0.15) is 54.7 Å². The summed E-state index contributed by atoms with van der Waals surface area (Å²) in [4.78, 5) is 0. The molecule has 0 heteroatoms. The highest BCUT2D eigenvalue weighted by Crippen LogP contribution is 2.38. The van der Waals surface area contributed by atoms with Crippen LogP contribution in [0.4, 0.5) is 0 Å². The summed E-state index contributed by atoms with van der Waals surface area (Å²) in [6.07, 6.45) is 7.01. The zero-order valence-corrected chi connectivity index (χ0v) is 11.5. The number of hydrogen-bond acceptors (Lipinski definition) is 0. The van der Waals surface area contributed by atoms with Crippen LogP contribution in [0.15, 0.2) is 30.3 Å². The summed E-state index contributed by atoms with van der Waals surface area (Å²) in [6.45, 7) is 4.48. The van der Waals surface area contributed by atoms with Crippen LogP contribution >= 0.6 is 0 Å². The van der Waals surface area contributed by atoms with Gasteiger partial charge in [0.1, 0.15) is 0 Å². The molecule has 0 N–H and O–H groups in total. The summed E-state index contributed by atoms with van der Waals surface area (Å²) in [5.74, 6) is 0.794. The van der Waals surface area contributed by atoms with Crippen molar-refractivity contribution in [2.45, 2.75) is 51.9 Å². The molecule has 0 atom stereocenters. The molecule has 1 saturated carbocycles. The summed E-state index contributed by atoms with van der Waals surface area (Å²) in [5.41, 5.74) is 4.46. The summed E-state index contributed by atoms with van der Waals surface area (Å²) in [6, 6.07) is 11.5. The molecule has 3 rings (SSSR count). The number of hydrogen-bond donors (Lipinski definition) is 0. The highest BCUT2D eigenvalue weighted by Gasteiger charge is 2.18. The first-order valence-electron chi connectivity index (χ1n) is 7.25. The predicted octanol–water partition coefficient (Wildman–Crippen LogP) is 5.50. The van der Waals surface area contributed by atoms with Crippen LogP contribution in [0.5, 0.6) is 0 Å². The number of fused-ring (bicyclic) bond motifs is 1. The first-order chi connectivity index (χ1) is 8.75. The van der Waals surface area contributed by atoms with Crippen molar-refractivity contribution >= 4 is 10.8 Å². The Labute approximate surface area is 110 Å². The first-order valence-corrected chi connectivity index (χ1v) is 7.25. The molecule has 1 aliphatic rings. The van der Waals surface area contributed by atoms with Crippen molar-refractivity contribution in [3.05, 3.63) is 47.0 Å². The maximum absolute atomic E-state index is 2.44. The third-order valence-electron chi connectivity index (χ3n) is 4.41. The van der Waals surface area contributed by atoms with Crippen LogP contribution in [0.25, 0.3) is 10.8 Å². The molecule has 1 fully saturated rings. The van der Waals surface area contributed by atoms with Gasteiger partial charge in [0.2, 0.25) is 0 Å². The minimum absolute atomic E-state index is 0.794. The van der Waals surface area contributed by atoms with Gasteiger partial charge in [0.05, 0.1) is 0 Å². The van der Waals surface area contributed by atoms with E-state index in [-0.39, 0.29) is 0 Å². The van der Waals surface area contributed by atoms with Crippen LogP contribution in [-0.4, -0.2) is 0 Å². The maximum Gasteiger partial charge on any atom is -0.0120 e. The van der Waals surface area contributed by atoms with Gasteiger partial charge in [-0.2, -0.15) is 0 Å². The van der Waals surface area contributed by atoms with Crippen molar-refractivity contribution in [1.29, 1.82) is 0 Å². The number of rotatable bonds is 1. The number of aryl methyl sites for hydroxylation is 2. The lowest BCUT2D eigenvalue weighted by atomic mass is 9.80. The molecule has 0 aromatic heterocycles. The third kappa shape index (κ3) is 2.05. The van der Waals surface area contributed by atoms with E-state index in [1.165, 1.54) is 54.0 Å². The average molecular weight is 238 g/mol. The molecule has 0 spiro atoms. The average Bonchev–Trinajstić information content (AvgIpc) is 2.39. The highest BCUT2D eigenvalue weighted by molar-refractivity contribution is 5.89. The molecular formula is C18H22. The first kappa shape index (κ1) is 11.8. The van der Waals surface area contributed by atoms with E-state index < -0.39 is 0 Å². The summed E-state index contributed by atoms with van der Waals surface area (Å²) < 4.78 is 0. The number of benzene rings is 2. The highest BCUT2D eigenvalue weighted by atomic mass is 14.2. The van der Waals surface area contributed by atoms with E-state index in [2.05, 4.69) is 44.2 Å². The Bertz CT molecular complexity index is 560. The predicted molar refractivity (Wildman–Crippen MR) is 79.2 cm³/mol. The molecule has 0 unspecified atom stereocenters. The van der Waals surface area contributed by atoms with Gasteiger partial charge in [0, 0.05) is 0 Å². The van der Waals surface area contributed by atoms with Gasteiger partial charge in [0.25, 0.3) is 0 Å². The fourth-order valence-electron chi connectivity index (χ4n) is 3.55. The lowest BCUT2D eigenvalue weighted by molar-refractivity contribution is 0.445. The van der Waals surface area contributed by atoms with Crippen molar-refractivity contribution in [3.8, 4) is 0 Å². The van der Waals surface area contributed by atoms with Gasteiger partial charge in [-0.3, -0.25) is 0 Å². The van der Waals surface area contributed by atoms with Crippen molar-refractivity contribution < 1.29 is 0 Å². The zero-order valence-electron chi connectivity index (χ0n) is 11.5. The molecular weight excluding hydrogens is 216 g/mol. The lowest BCUT2D eigenvalue weighted by Gasteiger charge is -2.24. The van der Waals surface area contributed by atoms with Crippen molar-refractivity contribution in [1.82, 2.24) is 0 Å². The van der Waals surface area contributed by atoms with Crippen molar-refractivity contribution in [3.63, 3.8) is 0 Å². The molecule has 1 aliphatic carbocycles. The van der Waals surface area contributed by atoms with Crippen molar-refractivity contribution in [2.75, 3.05) is 0 Å². The van der Waals surface area contributed by atoms with E-state index in [0.29, 0.717) is 0 Å². The standard InChI is InChI=1S/C18H22/c1-13-11-16-10-6-7-14(2)18(16)17(12-13)15-8-4-3-5-9-15/h6-7,10-12,15H,3-5,8-9H2,1-2H3. The summed E-state index contributed by atoms with van der Waals surface area (Å²) >= 11 is 0. The topological polar surface area (TPSA) is 0 Å². The Morgan fingerprint density at radius 3 is 2.50 bits per heavy atom. The smallest absolute Gasteiger partial charge is 0.0120 e. The van der Waals surface area contributed by atoms with Gasteiger partial charge in [0.15, 0.2) is 0 Å². The molecule has 0 radical (unpaired) electrons. The Morgan fingerprint density at radius 2 is 1.72 bits per heavy atom. The van der Waals surface area contributed by atoms with E-state index in [1.807, 2.05) is 0 Å². The van der Waals surface area contributed by atoms with Gasteiger partial charge >= 0.3 is 0 Å². The molecule has 0 amide bonds. The van der Waals surface area contributed by atoms with Crippen LogP contribution < -0.4 is 0 Å². The second kappa shape index (κ2) is 4.76. The molecule has 94 valence electrons. The summed E-state index contributed by atoms with van der Waals surface area (Å²) in [7, 11) is 0. The van der Waals surface area contributed by atoms with Gasteiger partial charge in [-0.15, -0.1) is 0 Å². The second-order valence-corrected chi connectivity index (χ2v) is 5.86. The van der Waals surface area contributed by atoms with Crippen LogP contribution in [0, 0.1) is 13.8 Å². The van der Waals surface area contributed by atoms with Crippen molar-refractivity contribution in [2.24, 2.45) is 0 Å². The lowest BCUT2D eigenvalue weighted by Crippen LogP contribution is -2.06. The molecule has 0 heterocycles. The van der Waals surface area contributed by atoms with Crippen LogP contribution in [-0.2, 0) is 0 Å². The van der Waals surface area contributed by atoms with Gasteiger partial charge in [-0.1, -0.05) is 55.2 Å².